The molecule has 1 aliphatic heterocycles. The van der Waals surface area contributed by atoms with Crippen molar-refractivity contribution in [2.75, 3.05) is 26.2 Å². The van der Waals surface area contributed by atoms with Crippen LogP contribution in [0, 0.1) is 0 Å². The number of nitrogens with one attached hydrogen (secondary N) is 1. The molecule has 0 amide bonds. The van der Waals surface area contributed by atoms with Crippen molar-refractivity contribution >= 4 is 11.3 Å². The van der Waals surface area contributed by atoms with Gasteiger partial charge in [0.15, 0.2) is 0 Å². The summed E-state index contributed by atoms with van der Waals surface area (Å²) in [5.74, 6) is 0. The number of piperidine rings is 1. The summed E-state index contributed by atoms with van der Waals surface area (Å²) in [4.78, 5) is 3.87. The number of hydrogen-bond donors (Lipinski definition) is 2. The number of aliphatic hydroxyl groups is 1. The van der Waals surface area contributed by atoms with E-state index in [9.17, 15) is 5.11 Å². The summed E-state index contributed by atoms with van der Waals surface area (Å²) in [6.07, 6.45) is 3.04. The van der Waals surface area contributed by atoms with Gasteiger partial charge in [0.1, 0.15) is 0 Å². The molecule has 1 aromatic heterocycles. The van der Waals surface area contributed by atoms with Gasteiger partial charge in [0.05, 0.1) is 6.10 Å². The lowest BCUT2D eigenvalue weighted by molar-refractivity contribution is 0.0821. The number of likely N-dealkylation sites (tertiary alicyclic amines) is 1. The Hall–Kier alpha value is -0.420. The third-order valence-electron chi connectivity index (χ3n) is 3.26. The summed E-state index contributed by atoms with van der Waals surface area (Å²) in [6, 6.07) is 4.27. The van der Waals surface area contributed by atoms with Gasteiger partial charge in [0.2, 0.25) is 0 Å². The van der Waals surface area contributed by atoms with Crippen LogP contribution in [0.4, 0.5) is 0 Å². The Bertz CT molecular complexity index is 294. The number of hydrogen-bond acceptors (Lipinski definition) is 4. The normalized spacial score (nSPS) is 18.6. The Morgan fingerprint density at radius 3 is 2.94 bits per heavy atom. The van der Waals surface area contributed by atoms with E-state index in [1.165, 1.54) is 11.3 Å². The van der Waals surface area contributed by atoms with Crippen molar-refractivity contribution in [1.29, 1.82) is 0 Å². The molecule has 0 unspecified atom stereocenters. The maximum absolute atomic E-state index is 9.40. The summed E-state index contributed by atoms with van der Waals surface area (Å²) >= 11 is 1.81. The fraction of sp³-hybridized carbons (Fsp3) is 0.692. The molecular formula is C13H22N2OS. The third kappa shape index (κ3) is 4.76. The van der Waals surface area contributed by atoms with Crippen LogP contribution in [0.5, 0.6) is 0 Å². The van der Waals surface area contributed by atoms with E-state index >= 15 is 0 Å². The first-order valence-corrected chi connectivity index (χ1v) is 7.36. The van der Waals surface area contributed by atoms with Gasteiger partial charge >= 0.3 is 0 Å². The molecule has 0 spiro atoms. The molecule has 0 aromatic carbocycles. The van der Waals surface area contributed by atoms with Gasteiger partial charge in [-0.25, -0.2) is 0 Å². The molecule has 2 N–H and O–H groups in total. The molecule has 0 radical (unpaired) electrons. The van der Waals surface area contributed by atoms with E-state index in [-0.39, 0.29) is 6.10 Å². The Balaban J connectivity index is 1.49. The van der Waals surface area contributed by atoms with Crippen LogP contribution in [0.3, 0.4) is 0 Å². The minimum Gasteiger partial charge on any atom is -0.393 e. The van der Waals surface area contributed by atoms with E-state index in [0.29, 0.717) is 0 Å². The largest absolute Gasteiger partial charge is 0.393 e. The van der Waals surface area contributed by atoms with Crippen LogP contribution >= 0.6 is 11.3 Å². The number of aliphatic hydroxyl groups excluding tert-OH is 1. The van der Waals surface area contributed by atoms with Gasteiger partial charge < -0.3 is 15.3 Å². The molecule has 0 atom stereocenters. The Morgan fingerprint density at radius 1 is 1.41 bits per heavy atom. The molecule has 1 fully saturated rings. The minimum absolute atomic E-state index is 0.0526. The summed E-state index contributed by atoms with van der Waals surface area (Å²) in [5.41, 5.74) is 0. The monoisotopic (exact) mass is 254 g/mol. The van der Waals surface area contributed by atoms with E-state index in [4.69, 9.17) is 0 Å². The van der Waals surface area contributed by atoms with Gasteiger partial charge in [0, 0.05) is 24.5 Å². The highest BCUT2D eigenvalue weighted by molar-refractivity contribution is 7.09. The standard InChI is InChI=1S/C13H22N2OS/c16-12-4-8-15(9-5-12)7-2-6-14-11-13-3-1-10-17-13/h1,3,10,12,14,16H,2,4-9,11H2. The fourth-order valence-electron chi connectivity index (χ4n) is 2.20. The lowest BCUT2D eigenvalue weighted by Crippen LogP contribution is -2.37. The predicted molar refractivity (Wildman–Crippen MR) is 72.3 cm³/mol. The molecule has 17 heavy (non-hydrogen) atoms. The summed E-state index contributed by atoms with van der Waals surface area (Å²) < 4.78 is 0. The SMILES string of the molecule is OC1CCN(CCCNCc2cccs2)CC1. The van der Waals surface area contributed by atoms with Crippen LogP contribution in [-0.4, -0.2) is 42.3 Å². The Morgan fingerprint density at radius 2 is 2.24 bits per heavy atom. The molecule has 1 saturated heterocycles. The summed E-state index contributed by atoms with van der Waals surface area (Å²) in [5, 5.41) is 15.0. The summed E-state index contributed by atoms with van der Waals surface area (Å²) in [7, 11) is 0. The highest BCUT2D eigenvalue weighted by Crippen LogP contribution is 2.10. The van der Waals surface area contributed by atoms with Gasteiger partial charge in [-0.2, -0.15) is 0 Å². The van der Waals surface area contributed by atoms with Crippen LogP contribution in [0.15, 0.2) is 17.5 Å². The van der Waals surface area contributed by atoms with E-state index < -0.39 is 0 Å². The first kappa shape index (κ1) is 13.0. The zero-order chi connectivity index (χ0) is 11.9. The zero-order valence-electron chi connectivity index (χ0n) is 10.3. The van der Waals surface area contributed by atoms with Gasteiger partial charge in [-0.1, -0.05) is 6.07 Å². The highest BCUT2D eigenvalue weighted by atomic mass is 32.1. The second kappa shape index (κ2) is 7.11. The van der Waals surface area contributed by atoms with E-state index in [2.05, 4.69) is 27.7 Å². The van der Waals surface area contributed by atoms with Crippen molar-refractivity contribution in [3.05, 3.63) is 22.4 Å². The molecule has 2 rings (SSSR count). The maximum atomic E-state index is 9.40. The molecular weight excluding hydrogens is 232 g/mol. The van der Waals surface area contributed by atoms with Crippen molar-refractivity contribution in [3.63, 3.8) is 0 Å². The van der Waals surface area contributed by atoms with Crippen LogP contribution < -0.4 is 5.32 Å². The van der Waals surface area contributed by atoms with Crippen molar-refractivity contribution in [2.24, 2.45) is 0 Å². The highest BCUT2D eigenvalue weighted by Gasteiger charge is 2.15. The average Bonchev–Trinajstić information content (AvgIpc) is 2.84. The Labute approximate surface area is 107 Å². The molecule has 0 saturated carbocycles. The van der Waals surface area contributed by atoms with Crippen LogP contribution in [0.25, 0.3) is 0 Å². The summed E-state index contributed by atoms with van der Waals surface area (Å²) in [6.45, 7) is 5.36. The van der Waals surface area contributed by atoms with E-state index in [0.717, 1.165) is 45.6 Å². The van der Waals surface area contributed by atoms with Crippen molar-refractivity contribution < 1.29 is 5.11 Å². The molecule has 96 valence electrons. The third-order valence-corrected chi connectivity index (χ3v) is 4.14. The smallest absolute Gasteiger partial charge is 0.0564 e. The zero-order valence-corrected chi connectivity index (χ0v) is 11.1. The topological polar surface area (TPSA) is 35.5 Å². The number of nitrogens with zero attached hydrogens (tertiary/aromatic N) is 1. The molecule has 2 heterocycles. The molecule has 1 aliphatic rings. The predicted octanol–water partition coefficient (Wildman–Crippen LogP) is 1.68. The number of rotatable bonds is 6. The van der Waals surface area contributed by atoms with Crippen LogP contribution in [0.2, 0.25) is 0 Å². The first-order valence-electron chi connectivity index (χ1n) is 6.48. The van der Waals surface area contributed by atoms with Gasteiger partial charge in [0.25, 0.3) is 0 Å². The van der Waals surface area contributed by atoms with Crippen molar-refractivity contribution in [1.82, 2.24) is 10.2 Å². The van der Waals surface area contributed by atoms with Gasteiger partial charge in [-0.05, 0) is 43.8 Å². The molecule has 1 aromatic rings. The Kier molecular flexibility index (Phi) is 5.45. The lowest BCUT2D eigenvalue weighted by Gasteiger charge is -2.29. The fourth-order valence-corrected chi connectivity index (χ4v) is 2.87. The first-order chi connectivity index (χ1) is 8.34. The van der Waals surface area contributed by atoms with Gasteiger partial charge in [-0.15, -0.1) is 11.3 Å². The minimum atomic E-state index is -0.0526. The second-order valence-electron chi connectivity index (χ2n) is 4.68. The van der Waals surface area contributed by atoms with Crippen LogP contribution in [-0.2, 0) is 6.54 Å². The van der Waals surface area contributed by atoms with E-state index in [1.807, 2.05) is 11.3 Å². The molecule has 0 aliphatic carbocycles. The van der Waals surface area contributed by atoms with Crippen molar-refractivity contribution in [2.45, 2.75) is 31.9 Å². The maximum Gasteiger partial charge on any atom is 0.0564 e. The van der Waals surface area contributed by atoms with E-state index in [1.54, 1.807) is 0 Å². The lowest BCUT2D eigenvalue weighted by atomic mass is 10.1. The average molecular weight is 254 g/mol. The van der Waals surface area contributed by atoms with Crippen LogP contribution in [0.1, 0.15) is 24.1 Å². The van der Waals surface area contributed by atoms with Crippen molar-refractivity contribution in [3.8, 4) is 0 Å². The molecule has 3 nitrogen and oxygen atoms in total. The molecule has 0 bridgehead atoms. The van der Waals surface area contributed by atoms with Gasteiger partial charge in [-0.3, -0.25) is 0 Å². The molecule has 4 heteroatoms. The quantitative estimate of drug-likeness (QED) is 0.758. The number of thiophene rings is 1. The second-order valence-corrected chi connectivity index (χ2v) is 5.71.